The van der Waals surface area contributed by atoms with Gasteiger partial charge in [0.25, 0.3) is 0 Å². The van der Waals surface area contributed by atoms with Crippen molar-refractivity contribution in [1.82, 2.24) is 0 Å². The van der Waals surface area contributed by atoms with E-state index in [1.165, 1.54) is 0 Å². The van der Waals surface area contributed by atoms with Gasteiger partial charge < -0.3 is 9.84 Å². The van der Waals surface area contributed by atoms with Crippen LogP contribution in [0.1, 0.15) is 48.2 Å². The second-order valence-electron chi connectivity index (χ2n) is 4.07. The highest BCUT2D eigenvalue weighted by atomic mass is 16.5. The van der Waals surface area contributed by atoms with E-state index in [9.17, 15) is 9.90 Å². The van der Waals surface area contributed by atoms with E-state index in [0.717, 1.165) is 11.1 Å². The van der Waals surface area contributed by atoms with Gasteiger partial charge in [0.15, 0.2) is 0 Å². The third-order valence-electron chi connectivity index (χ3n) is 2.52. The molecule has 0 saturated heterocycles. The number of hydrogen-bond acceptors (Lipinski definition) is 3. The first-order chi connectivity index (χ1) is 7.49. The summed E-state index contributed by atoms with van der Waals surface area (Å²) in [6, 6.07) is 3.68. The van der Waals surface area contributed by atoms with E-state index in [4.69, 9.17) is 4.74 Å². The molecule has 3 nitrogen and oxygen atoms in total. The first kappa shape index (κ1) is 12.6. The third-order valence-corrected chi connectivity index (χ3v) is 2.52. The van der Waals surface area contributed by atoms with Gasteiger partial charge in [0.05, 0.1) is 6.61 Å². The number of benzene rings is 1. The van der Waals surface area contributed by atoms with Crippen LogP contribution in [0.15, 0.2) is 12.1 Å². The van der Waals surface area contributed by atoms with Crippen molar-refractivity contribution >= 4 is 5.97 Å². The van der Waals surface area contributed by atoms with Crippen molar-refractivity contribution in [1.29, 1.82) is 0 Å². The van der Waals surface area contributed by atoms with E-state index in [1.807, 2.05) is 26.0 Å². The van der Waals surface area contributed by atoms with Crippen molar-refractivity contribution in [2.24, 2.45) is 0 Å². The quantitative estimate of drug-likeness (QED) is 0.800. The summed E-state index contributed by atoms with van der Waals surface area (Å²) in [4.78, 5) is 11.7. The molecule has 1 aromatic carbocycles. The van der Waals surface area contributed by atoms with Crippen LogP contribution in [-0.4, -0.2) is 17.7 Å². The Bertz CT molecular complexity index is 394. The van der Waals surface area contributed by atoms with Crippen LogP contribution in [0.2, 0.25) is 0 Å². The van der Waals surface area contributed by atoms with Crippen LogP contribution < -0.4 is 0 Å². The van der Waals surface area contributed by atoms with Gasteiger partial charge in [0.2, 0.25) is 0 Å². The van der Waals surface area contributed by atoms with Gasteiger partial charge in [-0.2, -0.15) is 0 Å². The lowest BCUT2D eigenvalue weighted by molar-refractivity contribution is 0.0522. The Hall–Kier alpha value is -1.51. The highest BCUT2D eigenvalue weighted by Crippen LogP contribution is 2.31. The summed E-state index contributed by atoms with van der Waals surface area (Å²) in [7, 11) is 0. The molecule has 1 aromatic rings. The van der Waals surface area contributed by atoms with E-state index in [-0.39, 0.29) is 17.2 Å². The number of ether oxygens (including phenoxy) is 1. The molecule has 88 valence electrons. The molecule has 0 spiro atoms. The second kappa shape index (κ2) is 5.01. The standard InChI is InChI=1S/C13H18O3/c1-5-16-13(15)11-9(4)6-7-10(8(2)3)12(11)14/h6-8,14H,5H2,1-4H3. The molecule has 3 heteroatoms. The van der Waals surface area contributed by atoms with Crippen LogP contribution in [-0.2, 0) is 4.74 Å². The van der Waals surface area contributed by atoms with Crippen molar-refractivity contribution in [2.75, 3.05) is 6.61 Å². The number of phenols is 1. The summed E-state index contributed by atoms with van der Waals surface area (Å²) in [6.45, 7) is 7.79. The predicted molar refractivity (Wildman–Crippen MR) is 62.9 cm³/mol. The van der Waals surface area contributed by atoms with Crippen molar-refractivity contribution in [3.05, 3.63) is 28.8 Å². The normalized spacial score (nSPS) is 10.6. The average molecular weight is 222 g/mol. The van der Waals surface area contributed by atoms with Gasteiger partial charge in [-0.15, -0.1) is 0 Å². The van der Waals surface area contributed by atoms with Gasteiger partial charge in [0.1, 0.15) is 11.3 Å². The largest absolute Gasteiger partial charge is 0.507 e. The molecule has 0 aliphatic carbocycles. The Morgan fingerprint density at radius 1 is 1.44 bits per heavy atom. The molecule has 0 aliphatic heterocycles. The zero-order valence-electron chi connectivity index (χ0n) is 10.2. The molecule has 0 amide bonds. The molecule has 0 aromatic heterocycles. The van der Waals surface area contributed by atoms with E-state index >= 15 is 0 Å². The molecule has 0 fully saturated rings. The van der Waals surface area contributed by atoms with Gasteiger partial charge in [-0.05, 0) is 30.9 Å². The predicted octanol–water partition coefficient (Wildman–Crippen LogP) is 3.00. The molecule has 0 unspecified atom stereocenters. The van der Waals surface area contributed by atoms with Gasteiger partial charge in [-0.1, -0.05) is 26.0 Å². The summed E-state index contributed by atoms with van der Waals surface area (Å²) in [5, 5.41) is 10.0. The van der Waals surface area contributed by atoms with E-state index in [1.54, 1.807) is 13.8 Å². The SMILES string of the molecule is CCOC(=O)c1c(C)ccc(C(C)C)c1O. The maximum atomic E-state index is 11.7. The van der Waals surface area contributed by atoms with Crippen LogP contribution >= 0.6 is 0 Å². The number of rotatable bonds is 3. The van der Waals surface area contributed by atoms with Gasteiger partial charge >= 0.3 is 5.97 Å². The van der Waals surface area contributed by atoms with Gasteiger partial charge in [-0.25, -0.2) is 4.79 Å². The first-order valence-corrected chi connectivity index (χ1v) is 5.48. The Balaban J connectivity index is 3.26. The molecule has 0 saturated carbocycles. The fourth-order valence-electron chi connectivity index (χ4n) is 1.63. The maximum Gasteiger partial charge on any atom is 0.342 e. The Labute approximate surface area is 96.1 Å². The van der Waals surface area contributed by atoms with Crippen LogP contribution in [0.4, 0.5) is 0 Å². The van der Waals surface area contributed by atoms with Crippen LogP contribution in [0, 0.1) is 6.92 Å². The van der Waals surface area contributed by atoms with E-state index in [2.05, 4.69) is 0 Å². The molecular weight excluding hydrogens is 204 g/mol. The third kappa shape index (κ3) is 2.35. The van der Waals surface area contributed by atoms with Crippen molar-refractivity contribution in [3.8, 4) is 5.75 Å². The topological polar surface area (TPSA) is 46.5 Å². The lowest BCUT2D eigenvalue weighted by atomic mass is 9.96. The number of aryl methyl sites for hydroxylation is 1. The Kier molecular flexibility index (Phi) is 3.93. The summed E-state index contributed by atoms with van der Waals surface area (Å²) in [5.74, 6) is -0.234. The highest BCUT2D eigenvalue weighted by Gasteiger charge is 2.19. The summed E-state index contributed by atoms with van der Waals surface area (Å²) in [6.07, 6.45) is 0. The summed E-state index contributed by atoms with van der Waals surface area (Å²) >= 11 is 0. The lowest BCUT2D eigenvalue weighted by Crippen LogP contribution is -2.08. The summed E-state index contributed by atoms with van der Waals surface area (Å²) < 4.78 is 4.93. The van der Waals surface area contributed by atoms with E-state index < -0.39 is 5.97 Å². The molecule has 16 heavy (non-hydrogen) atoms. The minimum Gasteiger partial charge on any atom is -0.507 e. The monoisotopic (exact) mass is 222 g/mol. The minimum atomic E-state index is -0.458. The molecular formula is C13H18O3. The molecule has 1 rings (SSSR count). The molecule has 0 heterocycles. The van der Waals surface area contributed by atoms with Crippen molar-refractivity contribution in [3.63, 3.8) is 0 Å². The van der Waals surface area contributed by atoms with Gasteiger partial charge in [0, 0.05) is 0 Å². The summed E-state index contributed by atoms with van der Waals surface area (Å²) in [5.41, 5.74) is 1.79. The van der Waals surface area contributed by atoms with Crippen molar-refractivity contribution in [2.45, 2.75) is 33.6 Å². The van der Waals surface area contributed by atoms with E-state index in [0.29, 0.717) is 6.61 Å². The number of aromatic hydroxyl groups is 1. The second-order valence-corrected chi connectivity index (χ2v) is 4.07. The van der Waals surface area contributed by atoms with Crippen LogP contribution in [0.25, 0.3) is 0 Å². The smallest absolute Gasteiger partial charge is 0.342 e. The molecule has 0 aliphatic rings. The number of carbonyl (C=O) groups is 1. The van der Waals surface area contributed by atoms with Crippen LogP contribution in [0.3, 0.4) is 0 Å². The zero-order chi connectivity index (χ0) is 12.3. The maximum absolute atomic E-state index is 11.7. The Morgan fingerprint density at radius 3 is 2.56 bits per heavy atom. The number of phenolic OH excluding ortho intramolecular Hbond substituents is 1. The fourth-order valence-corrected chi connectivity index (χ4v) is 1.63. The number of carbonyl (C=O) groups excluding carboxylic acids is 1. The first-order valence-electron chi connectivity index (χ1n) is 5.48. The minimum absolute atomic E-state index is 0.0495. The van der Waals surface area contributed by atoms with Gasteiger partial charge in [-0.3, -0.25) is 0 Å². The zero-order valence-corrected chi connectivity index (χ0v) is 10.2. The molecule has 0 radical (unpaired) electrons. The van der Waals surface area contributed by atoms with Crippen molar-refractivity contribution < 1.29 is 14.6 Å². The number of esters is 1. The number of hydrogen-bond donors (Lipinski definition) is 1. The average Bonchev–Trinajstić information content (AvgIpc) is 2.17. The molecule has 0 bridgehead atoms. The molecule has 1 N–H and O–H groups in total. The molecule has 0 atom stereocenters. The van der Waals surface area contributed by atoms with Crippen LogP contribution in [0.5, 0.6) is 5.75 Å². The Morgan fingerprint density at radius 2 is 2.06 bits per heavy atom. The highest BCUT2D eigenvalue weighted by molar-refractivity contribution is 5.94. The fraction of sp³-hybridized carbons (Fsp3) is 0.462. The lowest BCUT2D eigenvalue weighted by Gasteiger charge is -2.13.